The molecule has 1 aromatic carbocycles. The zero-order valence-corrected chi connectivity index (χ0v) is 9.81. The second kappa shape index (κ2) is 5.23. The lowest BCUT2D eigenvalue weighted by Gasteiger charge is -2.04. The summed E-state index contributed by atoms with van der Waals surface area (Å²) in [6.45, 7) is 1.89. The van der Waals surface area contributed by atoms with Crippen molar-refractivity contribution in [3.8, 4) is 17.3 Å². The Morgan fingerprint density at radius 2 is 2.11 bits per heavy atom. The van der Waals surface area contributed by atoms with Crippen molar-refractivity contribution < 1.29 is 4.39 Å². The first kappa shape index (κ1) is 12.0. The zero-order valence-electron chi connectivity index (χ0n) is 9.81. The Balaban J connectivity index is 2.23. The van der Waals surface area contributed by atoms with Crippen molar-refractivity contribution in [1.82, 2.24) is 10.2 Å². The minimum absolute atomic E-state index is 0.184. The van der Waals surface area contributed by atoms with Gasteiger partial charge in [-0.25, -0.2) is 4.39 Å². The second-order valence-corrected chi connectivity index (χ2v) is 3.78. The maximum Gasteiger partial charge on any atom is 0.149 e. The third kappa shape index (κ3) is 2.61. The minimum atomic E-state index is -0.237. The Morgan fingerprint density at radius 1 is 1.28 bits per heavy atom. The molecule has 0 atom stereocenters. The molecule has 0 bridgehead atoms. The molecular formula is C13H11FN4. The van der Waals surface area contributed by atoms with Crippen LogP contribution >= 0.6 is 0 Å². The number of halogens is 1. The molecular weight excluding hydrogens is 231 g/mol. The fraction of sp³-hybridized carbons (Fsp3) is 0.154. The summed E-state index contributed by atoms with van der Waals surface area (Å²) in [6.07, 6.45) is 0. The van der Waals surface area contributed by atoms with Crippen LogP contribution in [0.2, 0.25) is 0 Å². The molecule has 18 heavy (non-hydrogen) atoms. The van der Waals surface area contributed by atoms with E-state index in [0.717, 1.165) is 5.56 Å². The van der Waals surface area contributed by atoms with Crippen LogP contribution in [-0.2, 0) is 0 Å². The summed E-state index contributed by atoms with van der Waals surface area (Å²) in [5, 5.41) is 19.2. The van der Waals surface area contributed by atoms with Crippen molar-refractivity contribution in [2.75, 3.05) is 11.9 Å². The molecule has 0 spiro atoms. The molecule has 1 aromatic heterocycles. The molecule has 0 saturated carbocycles. The molecule has 0 fully saturated rings. The van der Waals surface area contributed by atoms with Gasteiger partial charge in [-0.3, -0.25) is 0 Å². The first-order valence-electron chi connectivity index (χ1n) is 5.42. The van der Waals surface area contributed by atoms with Crippen molar-refractivity contribution in [1.29, 1.82) is 5.26 Å². The van der Waals surface area contributed by atoms with E-state index in [0.29, 0.717) is 17.1 Å². The standard InChI is InChI=1S/C13H11FN4/c1-9-8-10(2-3-11(9)14)12-4-5-13(18-17-12)16-7-6-15/h2-5,8H,7H2,1H3,(H,16,18). The molecule has 0 aliphatic rings. The molecule has 90 valence electrons. The van der Waals surface area contributed by atoms with Crippen molar-refractivity contribution in [3.63, 3.8) is 0 Å². The Hall–Kier alpha value is -2.48. The lowest BCUT2D eigenvalue weighted by atomic mass is 10.1. The maximum atomic E-state index is 13.1. The number of nitrogens with one attached hydrogen (secondary N) is 1. The third-order valence-corrected chi connectivity index (χ3v) is 2.47. The van der Waals surface area contributed by atoms with Crippen molar-refractivity contribution in [2.24, 2.45) is 0 Å². The number of aryl methyl sites for hydroxylation is 1. The summed E-state index contributed by atoms with van der Waals surface area (Å²) in [6, 6.07) is 10.3. The number of benzene rings is 1. The number of hydrogen-bond acceptors (Lipinski definition) is 4. The SMILES string of the molecule is Cc1cc(-c2ccc(NCC#N)nn2)ccc1F. The fourth-order valence-electron chi connectivity index (χ4n) is 1.51. The van der Waals surface area contributed by atoms with Crippen LogP contribution in [0.1, 0.15) is 5.56 Å². The van der Waals surface area contributed by atoms with E-state index in [2.05, 4.69) is 15.5 Å². The Kier molecular flexibility index (Phi) is 3.49. The van der Waals surface area contributed by atoms with Gasteiger partial charge in [0.2, 0.25) is 0 Å². The molecule has 1 N–H and O–H groups in total. The van der Waals surface area contributed by atoms with Crippen molar-refractivity contribution >= 4 is 5.82 Å². The highest BCUT2D eigenvalue weighted by atomic mass is 19.1. The van der Waals surface area contributed by atoms with E-state index in [1.165, 1.54) is 6.07 Å². The number of rotatable bonds is 3. The van der Waals surface area contributed by atoms with E-state index < -0.39 is 0 Å². The maximum absolute atomic E-state index is 13.1. The van der Waals surface area contributed by atoms with Gasteiger partial charge in [-0.05, 0) is 42.8 Å². The fourth-order valence-corrected chi connectivity index (χ4v) is 1.51. The molecule has 0 amide bonds. The summed E-state index contributed by atoms with van der Waals surface area (Å²) < 4.78 is 13.1. The molecule has 2 rings (SSSR count). The van der Waals surface area contributed by atoms with Crippen LogP contribution in [0.25, 0.3) is 11.3 Å². The number of anilines is 1. The zero-order chi connectivity index (χ0) is 13.0. The Bertz CT molecular complexity index is 587. The molecule has 0 aliphatic heterocycles. The first-order chi connectivity index (χ1) is 8.70. The first-order valence-corrected chi connectivity index (χ1v) is 5.42. The lowest BCUT2D eigenvalue weighted by molar-refractivity contribution is 0.618. The molecule has 1 heterocycles. The normalized spacial score (nSPS) is 9.83. The quantitative estimate of drug-likeness (QED) is 0.840. The van der Waals surface area contributed by atoms with Crippen molar-refractivity contribution in [3.05, 3.63) is 41.7 Å². The average molecular weight is 242 g/mol. The summed E-state index contributed by atoms with van der Waals surface area (Å²) in [5.74, 6) is 0.304. The van der Waals surface area contributed by atoms with Crippen LogP contribution in [0.5, 0.6) is 0 Å². The predicted octanol–water partition coefficient (Wildman–Crippen LogP) is 2.53. The average Bonchev–Trinajstić information content (AvgIpc) is 2.40. The number of nitriles is 1. The minimum Gasteiger partial charge on any atom is -0.356 e. The van der Waals surface area contributed by atoms with Gasteiger partial charge in [-0.2, -0.15) is 5.26 Å². The summed E-state index contributed by atoms with van der Waals surface area (Å²) in [7, 11) is 0. The van der Waals surface area contributed by atoms with Crippen LogP contribution in [0.15, 0.2) is 30.3 Å². The van der Waals surface area contributed by atoms with Crippen LogP contribution in [0, 0.1) is 24.1 Å². The third-order valence-electron chi connectivity index (χ3n) is 2.47. The van der Waals surface area contributed by atoms with Gasteiger partial charge in [0.05, 0.1) is 11.8 Å². The molecule has 0 saturated heterocycles. The van der Waals surface area contributed by atoms with Crippen LogP contribution in [-0.4, -0.2) is 16.7 Å². The number of hydrogen-bond donors (Lipinski definition) is 1. The van der Waals surface area contributed by atoms with Crippen molar-refractivity contribution in [2.45, 2.75) is 6.92 Å². The summed E-state index contributed by atoms with van der Waals surface area (Å²) in [4.78, 5) is 0. The number of aromatic nitrogens is 2. The van der Waals surface area contributed by atoms with Gasteiger partial charge in [0.1, 0.15) is 18.2 Å². The molecule has 0 radical (unpaired) electrons. The predicted molar refractivity (Wildman–Crippen MR) is 66.3 cm³/mol. The molecule has 5 heteroatoms. The second-order valence-electron chi connectivity index (χ2n) is 3.78. The highest BCUT2D eigenvalue weighted by molar-refractivity contribution is 5.60. The molecule has 4 nitrogen and oxygen atoms in total. The van der Waals surface area contributed by atoms with Gasteiger partial charge in [-0.1, -0.05) is 0 Å². The summed E-state index contributed by atoms with van der Waals surface area (Å²) >= 11 is 0. The monoisotopic (exact) mass is 242 g/mol. The Morgan fingerprint density at radius 3 is 2.72 bits per heavy atom. The van der Waals surface area contributed by atoms with E-state index in [9.17, 15) is 4.39 Å². The summed E-state index contributed by atoms with van der Waals surface area (Å²) in [5.41, 5.74) is 2.05. The van der Waals surface area contributed by atoms with Gasteiger partial charge in [0.25, 0.3) is 0 Å². The van der Waals surface area contributed by atoms with Gasteiger partial charge < -0.3 is 5.32 Å². The van der Waals surface area contributed by atoms with E-state index in [1.807, 2.05) is 6.07 Å². The van der Waals surface area contributed by atoms with E-state index in [4.69, 9.17) is 5.26 Å². The van der Waals surface area contributed by atoms with Gasteiger partial charge >= 0.3 is 0 Å². The topological polar surface area (TPSA) is 61.6 Å². The highest BCUT2D eigenvalue weighted by Crippen LogP contribution is 2.19. The number of nitrogens with zero attached hydrogens (tertiary/aromatic N) is 3. The molecule has 2 aromatic rings. The van der Waals surface area contributed by atoms with Gasteiger partial charge in [-0.15, -0.1) is 10.2 Å². The van der Waals surface area contributed by atoms with E-state index in [-0.39, 0.29) is 12.4 Å². The van der Waals surface area contributed by atoms with Gasteiger partial charge in [0, 0.05) is 5.56 Å². The largest absolute Gasteiger partial charge is 0.356 e. The van der Waals surface area contributed by atoms with Crippen LogP contribution < -0.4 is 5.32 Å². The Labute approximate surface area is 104 Å². The van der Waals surface area contributed by atoms with Crippen LogP contribution in [0.4, 0.5) is 10.2 Å². The lowest BCUT2D eigenvalue weighted by Crippen LogP contribution is -2.02. The van der Waals surface area contributed by atoms with E-state index in [1.54, 1.807) is 31.2 Å². The van der Waals surface area contributed by atoms with E-state index >= 15 is 0 Å². The van der Waals surface area contributed by atoms with Crippen LogP contribution in [0.3, 0.4) is 0 Å². The molecule has 0 unspecified atom stereocenters. The smallest absolute Gasteiger partial charge is 0.149 e. The highest BCUT2D eigenvalue weighted by Gasteiger charge is 2.03. The molecule has 0 aliphatic carbocycles. The van der Waals surface area contributed by atoms with Gasteiger partial charge in [0.15, 0.2) is 0 Å².